The van der Waals surface area contributed by atoms with E-state index in [9.17, 15) is 0 Å². The molecule has 0 radical (unpaired) electrons. The zero-order chi connectivity index (χ0) is 13.9. The summed E-state index contributed by atoms with van der Waals surface area (Å²) in [5.74, 6) is 1.66. The van der Waals surface area contributed by atoms with Gasteiger partial charge >= 0.3 is 0 Å². The van der Waals surface area contributed by atoms with E-state index in [2.05, 4.69) is 37.1 Å². The van der Waals surface area contributed by atoms with E-state index in [1.165, 1.54) is 24.8 Å². The fourth-order valence-corrected chi connectivity index (χ4v) is 3.30. The van der Waals surface area contributed by atoms with E-state index in [1.54, 1.807) is 0 Å². The second-order valence-electron chi connectivity index (χ2n) is 6.65. The molecule has 1 aromatic heterocycles. The van der Waals surface area contributed by atoms with Gasteiger partial charge in [0, 0.05) is 13.2 Å². The molecule has 0 aliphatic heterocycles. The standard InChI is InChI=1S/C16H26N2O/c1-12-7-14(10-16(2,3)9-12)19-11-13-5-6-18-15(8-13)17-4/h5-6,8,12,14H,7,9-11H2,1-4H3,(H,17,18). The Morgan fingerprint density at radius 2 is 2.21 bits per heavy atom. The van der Waals surface area contributed by atoms with Gasteiger partial charge in [0.25, 0.3) is 0 Å². The third kappa shape index (κ3) is 4.20. The summed E-state index contributed by atoms with van der Waals surface area (Å²) in [5, 5.41) is 3.06. The fourth-order valence-electron chi connectivity index (χ4n) is 3.30. The first-order valence-electron chi connectivity index (χ1n) is 7.23. The third-order valence-electron chi connectivity index (χ3n) is 3.91. The Hall–Kier alpha value is -1.09. The van der Waals surface area contributed by atoms with Crippen molar-refractivity contribution in [2.24, 2.45) is 11.3 Å². The lowest BCUT2D eigenvalue weighted by Crippen LogP contribution is -2.32. The van der Waals surface area contributed by atoms with Crippen molar-refractivity contribution in [2.45, 2.75) is 52.7 Å². The van der Waals surface area contributed by atoms with Gasteiger partial charge in [-0.25, -0.2) is 4.98 Å². The van der Waals surface area contributed by atoms with Crippen LogP contribution in [0.1, 0.15) is 45.6 Å². The van der Waals surface area contributed by atoms with Crippen LogP contribution in [0.4, 0.5) is 5.82 Å². The third-order valence-corrected chi connectivity index (χ3v) is 3.91. The van der Waals surface area contributed by atoms with Crippen LogP contribution < -0.4 is 5.32 Å². The van der Waals surface area contributed by atoms with Crippen molar-refractivity contribution in [1.82, 2.24) is 4.98 Å². The summed E-state index contributed by atoms with van der Waals surface area (Å²) in [4.78, 5) is 4.22. The summed E-state index contributed by atoms with van der Waals surface area (Å²) in [5.41, 5.74) is 1.60. The Labute approximate surface area is 116 Å². The lowest BCUT2D eigenvalue weighted by molar-refractivity contribution is -0.0316. The molecule has 1 fully saturated rings. The largest absolute Gasteiger partial charge is 0.374 e. The molecule has 2 rings (SSSR count). The summed E-state index contributed by atoms with van der Waals surface area (Å²) >= 11 is 0. The highest BCUT2D eigenvalue weighted by molar-refractivity contribution is 5.36. The molecule has 1 saturated carbocycles. The van der Waals surface area contributed by atoms with Crippen LogP contribution >= 0.6 is 0 Å². The smallest absolute Gasteiger partial charge is 0.125 e. The monoisotopic (exact) mass is 262 g/mol. The van der Waals surface area contributed by atoms with Gasteiger partial charge in [-0.3, -0.25) is 0 Å². The van der Waals surface area contributed by atoms with Crippen LogP contribution in [-0.2, 0) is 11.3 Å². The van der Waals surface area contributed by atoms with E-state index in [0.29, 0.717) is 18.1 Å². The van der Waals surface area contributed by atoms with E-state index < -0.39 is 0 Å². The van der Waals surface area contributed by atoms with E-state index >= 15 is 0 Å². The van der Waals surface area contributed by atoms with Crippen molar-refractivity contribution in [2.75, 3.05) is 12.4 Å². The first-order valence-corrected chi connectivity index (χ1v) is 7.23. The second kappa shape index (κ2) is 5.91. The molecule has 3 nitrogen and oxygen atoms in total. The number of nitrogens with one attached hydrogen (secondary N) is 1. The van der Waals surface area contributed by atoms with Crippen molar-refractivity contribution < 1.29 is 4.74 Å². The topological polar surface area (TPSA) is 34.1 Å². The molecule has 106 valence electrons. The Bertz CT molecular complexity index is 417. The molecular formula is C16H26N2O. The molecule has 0 saturated heterocycles. The lowest BCUT2D eigenvalue weighted by atomic mass is 9.71. The number of anilines is 1. The van der Waals surface area contributed by atoms with Gasteiger partial charge in [-0.15, -0.1) is 0 Å². The minimum atomic E-state index is 0.393. The molecule has 2 unspecified atom stereocenters. The van der Waals surface area contributed by atoms with E-state index in [-0.39, 0.29) is 0 Å². The molecule has 0 amide bonds. The van der Waals surface area contributed by atoms with Crippen molar-refractivity contribution >= 4 is 5.82 Å². The van der Waals surface area contributed by atoms with Crippen LogP contribution in [0.25, 0.3) is 0 Å². The summed E-state index contributed by atoms with van der Waals surface area (Å²) < 4.78 is 6.12. The Morgan fingerprint density at radius 3 is 2.89 bits per heavy atom. The number of hydrogen-bond acceptors (Lipinski definition) is 3. The first-order chi connectivity index (χ1) is 8.98. The van der Waals surface area contributed by atoms with Crippen LogP contribution in [0.2, 0.25) is 0 Å². The van der Waals surface area contributed by atoms with Crippen LogP contribution in [-0.4, -0.2) is 18.1 Å². The SMILES string of the molecule is CNc1cc(COC2CC(C)CC(C)(C)C2)ccn1. The lowest BCUT2D eigenvalue weighted by Gasteiger charge is -2.38. The highest BCUT2D eigenvalue weighted by Crippen LogP contribution is 2.39. The minimum absolute atomic E-state index is 0.393. The molecule has 1 aliphatic rings. The maximum atomic E-state index is 6.12. The Kier molecular flexibility index (Phi) is 4.46. The molecule has 19 heavy (non-hydrogen) atoms. The van der Waals surface area contributed by atoms with Crippen LogP contribution in [0.15, 0.2) is 18.3 Å². The number of hydrogen-bond donors (Lipinski definition) is 1. The number of aromatic nitrogens is 1. The molecule has 1 aliphatic carbocycles. The van der Waals surface area contributed by atoms with Gasteiger partial charge in [0.05, 0.1) is 12.7 Å². The van der Waals surface area contributed by atoms with Crippen molar-refractivity contribution in [3.8, 4) is 0 Å². The fraction of sp³-hybridized carbons (Fsp3) is 0.688. The van der Waals surface area contributed by atoms with Gasteiger partial charge < -0.3 is 10.1 Å². The Balaban J connectivity index is 1.91. The molecule has 1 N–H and O–H groups in total. The number of rotatable bonds is 4. The molecule has 2 atom stereocenters. The van der Waals surface area contributed by atoms with Gasteiger partial charge in [-0.2, -0.15) is 0 Å². The van der Waals surface area contributed by atoms with Crippen molar-refractivity contribution in [1.29, 1.82) is 0 Å². The van der Waals surface area contributed by atoms with Crippen LogP contribution in [0, 0.1) is 11.3 Å². The van der Waals surface area contributed by atoms with Gasteiger partial charge in [0.15, 0.2) is 0 Å². The van der Waals surface area contributed by atoms with Gasteiger partial charge in [-0.1, -0.05) is 20.8 Å². The average Bonchev–Trinajstić information content (AvgIpc) is 2.34. The zero-order valence-electron chi connectivity index (χ0n) is 12.6. The molecule has 1 heterocycles. The second-order valence-corrected chi connectivity index (χ2v) is 6.65. The predicted molar refractivity (Wildman–Crippen MR) is 79.2 cm³/mol. The molecule has 1 aromatic rings. The van der Waals surface area contributed by atoms with Gasteiger partial charge in [0.2, 0.25) is 0 Å². The highest BCUT2D eigenvalue weighted by Gasteiger charge is 2.32. The molecule has 0 bridgehead atoms. The van der Waals surface area contributed by atoms with Gasteiger partial charge in [0.1, 0.15) is 5.82 Å². The molecule has 0 aromatic carbocycles. The quantitative estimate of drug-likeness (QED) is 0.894. The number of nitrogens with zero attached hydrogens (tertiary/aromatic N) is 1. The molecular weight excluding hydrogens is 236 g/mol. The molecule has 0 spiro atoms. The minimum Gasteiger partial charge on any atom is -0.374 e. The summed E-state index contributed by atoms with van der Waals surface area (Å²) in [6, 6.07) is 4.08. The summed E-state index contributed by atoms with van der Waals surface area (Å²) in [7, 11) is 1.89. The maximum Gasteiger partial charge on any atom is 0.125 e. The van der Waals surface area contributed by atoms with Crippen molar-refractivity contribution in [3.05, 3.63) is 23.9 Å². The molecule has 3 heteroatoms. The first kappa shape index (κ1) is 14.3. The van der Waals surface area contributed by atoms with E-state index in [0.717, 1.165) is 11.7 Å². The summed E-state index contributed by atoms with van der Waals surface area (Å²) in [6.07, 6.45) is 5.89. The highest BCUT2D eigenvalue weighted by atomic mass is 16.5. The van der Waals surface area contributed by atoms with Gasteiger partial charge in [-0.05, 0) is 48.3 Å². The van der Waals surface area contributed by atoms with Crippen LogP contribution in [0.5, 0.6) is 0 Å². The van der Waals surface area contributed by atoms with E-state index in [4.69, 9.17) is 4.74 Å². The number of ether oxygens (including phenoxy) is 1. The predicted octanol–water partition coefficient (Wildman–Crippen LogP) is 3.85. The number of pyridine rings is 1. The summed E-state index contributed by atoms with van der Waals surface area (Å²) in [6.45, 7) is 7.72. The zero-order valence-corrected chi connectivity index (χ0v) is 12.6. The maximum absolute atomic E-state index is 6.12. The van der Waals surface area contributed by atoms with Crippen LogP contribution in [0.3, 0.4) is 0 Å². The van der Waals surface area contributed by atoms with Crippen molar-refractivity contribution in [3.63, 3.8) is 0 Å². The normalized spacial score (nSPS) is 26.1. The average molecular weight is 262 g/mol. The Morgan fingerprint density at radius 1 is 1.42 bits per heavy atom. The van der Waals surface area contributed by atoms with E-state index in [1.807, 2.05) is 19.3 Å².